The lowest BCUT2D eigenvalue weighted by atomic mass is 9.93. The minimum Gasteiger partial charge on any atom is -0.478 e. The van der Waals surface area contributed by atoms with Crippen LogP contribution in [0.1, 0.15) is 36.6 Å². The van der Waals surface area contributed by atoms with Crippen LogP contribution in [0.25, 0.3) is 10.8 Å². The minimum atomic E-state index is -1.08. The molecule has 0 fully saturated rings. The van der Waals surface area contributed by atoms with Crippen LogP contribution in [-0.4, -0.2) is 32.7 Å². The lowest BCUT2D eigenvalue weighted by Crippen LogP contribution is -2.39. The Morgan fingerprint density at radius 1 is 1.00 bits per heavy atom. The second kappa shape index (κ2) is 6.27. The molecule has 4 rings (SSSR count). The molecule has 28 heavy (non-hydrogen) atoms. The van der Waals surface area contributed by atoms with Crippen molar-refractivity contribution in [1.82, 2.24) is 4.90 Å². The van der Waals surface area contributed by atoms with E-state index in [1.54, 1.807) is 18.2 Å². The maximum Gasteiger partial charge on any atom is 0.335 e. The number of carbonyl (C=O) groups excluding carboxylic acids is 2. The third-order valence-electron chi connectivity index (χ3n) is 4.67. The van der Waals surface area contributed by atoms with Crippen molar-refractivity contribution >= 4 is 34.2 Å². The maximum atomic E-state index is 13.0. The number of carboxylic acids is 1. The van der Waals surface area contributed by atoms with Gasteiger partial charge in [0.2, 0.25) is 0 Å². The lowest BCUT2D eigenvalue weighted by molar-refractivity contribution is -0.384. The molecule has 138 valence electrons. The van der Waals surface area contributed by atoms with Gasteiger partial charge in [0.05, 0.1) is 22.6 Å². The van der Waals surface area contributed by atoms with Crippen LogP contribution >= 0.6 is 0 Å². The van der Waals surface area contributed by atoms with Crippen molar-refractivity contribution in [2.24, 2.45) is 0 Å². The first kappa shape index (κ1) is 17.3. The number of hydrogen-bond donors (Lipinski definition) is 1. The molecule has 0 spiro atoms. The quantitative estimate of drug-likeness (QED) is 0.424. The predicted molar refractivity (Wildman–Crippen MR) is 98.2 cm³/mol. The Bertz CT molecular complexity index is 1180. The van der Waals surface area contributed by atoms with Gasteiger partial charge in [-0.2, -0.15) is 0 Å². The molecule has 1 aliphatic heterocycles. The number of benzene rings is 3. The van der Waals surface area contributed by atoms with Gasteiger partial charge in [-0.1, -0.05) is 24.3 Å². The van der Waals surface area contributed by atoms with Gasteiger partial charge in [-0.15, -0.1) is 0 Å². The Balaban J connectivity index is 1.79. The first-order valence-electron chi connectivity index (χ1n) is 8.26. The molecule has 1 N–H and O–H groups in total. The highest BCUT2D eigenvalue weighted by Gasteiger charge is 2.34. The summed E-state index contributed by atoms with van der Waals surface area (Å²) in [6.45, 7) is -0.0733. The van der Waals surface area contributed by atoms with Gasteiger partial charge in [0.25, 0.3) is 17.5 Å². The van der Waals surface area contributed by atoms with Crippen LogP contribution in [0.2, 0.25) is 0 Å². The number of amides is 2. The van der Waals surface area contributed by atoms with Crippen LogP contribution in [0.5, 0.6) is 0 Å². The van der Waals surface area contributed by atoms with Crippen LogP contribution in [0.3, 0.4) is 0 Å². The Morgan fingerprint density at radius 2 is 1.68 bits per heavy atom. The van der Waals surface area contributed by atoms with Gasteiger partial charge in [-0.05, 0) is 29.1 Å². The zero-order valence-electron chi connectivity index (χ0n) is 14.3. The van der Waals surface area contributed by atoms with Crippen molar-refractivity contribution in [3.63, 3.8) is 0 Å². The highest BCUT2D eigenvalue weighted by atomic mass is 16.6. The van der Waals surface area contributed by atoms with Crippen molar-refractivity contribution in [2.75, 3.05) is 0 Å². The molecule has 0 aliphatic carbocycles. The second-order valence-electron chi connectivity index (χ2n) is 6.35. The second-order valence-corrected chi connectivity index (χ2v) is 6.35. The number of nitrogens with zero attached hydrogens (tertiary/aromatic N) is 2. The van der Waals surface area contributed by atoms with E-state index < -0.39 is 22.7 Å². The summed E-state index contributed by atoms with van der Waals surface area (Å²) in [6, 6.07) is 13.1. The first-order chi connectivity index (χ1) is 13.4. The smallest absolute Gasteiger partial charge is 0.335 e. The molecule has 0 bridgehead atoms. The monoisotopic (exact) mass is 376 g/mol. The summed E-state index contributed by atoms with van der Waals surface area (Å²) in [4.78, 5) is 48.4. The van der Waals surface area contributed by atoms with Gasteiger partial charge in [0, 0.05) is 23.1 Å². The summed E-state index contributed by atoms with van der Waals surface area (Å²) >= 11 is 0. The van der Waals surface area contributed by atoms with Gasteiger partial charge in [0.1, 0.15) is 0 Å². The molecule has 8 heteroatoms. The molecule has 1 heterocycles. The third kappa shape index (κ3) is 2.67. The first-order valence-corrected chi connectivity index (χ1v) is 8.26. The topological polar surface area (TPSA) is 118 Å². The summed E-state index contributed by atoms with van der Waals surface area (Å²) in [5.41, 5.74) is 0.817. The Kier molecular flexibility index (Phi) is 3.89. The molecule has 8 nitrogen and oxygen atoms in total. The fourth-order valence-electron chi connectivity index (χ4n) is 3.33. The minimum absolute atomic E-state index is 0.0733. The number of carboxylic acid groups (broad SMARTS) is 1. The van der Waals surface area contributed by atoms with Crippen LogP contribution in [-0.2, 0) is 6.54 Å². The van der Waals surface area contributed by atoms with Crippen molar-refractivity contribution in [1.29, 1.82) is 0 Å². The number of nitro groups is 1. The molecule has 3 aromatic rings. The lowest BCUT2D eigenvalue weighted by Gasteiger charge is -2.27. The zero-order chi connectivity index (χ0) is 20.0. The van der Waals surface area contributed by atoms with E-state index in [1.807, 2.05) is 0 Å². The van der Waals surface area contributed by atoms with Crippen molar-refractivity contribution in [3.05, 3.63) is 87.0 Å². The van der Waals surface area contributed by atoms with E-state index >= 15 is 0 Å². The van der Waals surface area contributed by atoms with Gasteiger partial charge in [0.15, 0.2) is 0 Å². The van der Waals surface area contributed by atoms with Gasteiger partial charge in [-0.3, -0.25) is 24.6 Å². The fourth-order valence-corrected chi connectivity index (χ4v) is 3.33. The van der Waals surface area contributed by atoms with Crippen LogP contribution in [0, 0.1) is 10.1 Å². The number of rotatable bonds is 4. The standard InChI is InChI=1S/C20H12N2O6/c23-18-15-3-1-2-13-8-14(22(27)28)9-16(17(13)15)19(24)21(18)10-11-4-6-12(7-5-11)20(25)26/h1-9H,10H2,(H,25,26). The third-order valence-corrected chi connectivity index (χ3v) is 4.67. The normalized spacial score (nSPS) is 13.1. The molecule has 2 amide bonds. The predicted octanol–water partition coefficient (Wildman–Crippen LogP) is 3.24. The molecule has 0 aromatic heterocycles. The highest BCUT2D eigenvalue weighted by Crippen LogP contribution is 2.34. The van der Waals surface area contributed by atoms with E-state index in [2.05, 4.69) is 0 Å². The Hall–Kier alpha value is -4.07. The Morgan fingerprint density at radius 3 is 2.32 bits per heavy atom. The summed E-state index contributed by atoms with van der Waals surface area (Å²) in [5, 5.41) is 21.0. The van der Waals surface area contributed by atoms with E-state index in [4.69, 9.17) is 5.11 Å². The largest absolute Gasteiger partial charge is 0.478 e. The van der Waals surface area contributed by atoms with Gasteiger partial charge < -0.3 is 5.11 Å². The zero-order valence-corrected chi connectivity index (χ0v) is 14.3. The molecule has 0 saturated heterocycles. The van der Waals surface area contributed by atoms with Crippen LogP contribution < -0.4 is 0 Å². The highest BCUT2D eigenvalue weighted by molar-refractivity contribution is 6.25. The number of hydrogen-bond acceptors (Lipinski definition) is 5. The SMILES string of the molecule is O=C(O)c1ccc(CN2C(=O)c3cccc4cc([N+](=O)[O-])cc(c34)C2=O)cc1. The number of imide groups is 1. The summed E-state index contributed by atoms with van der Waals surface area (Å²) in [7, 11) is 0. The fraction of sp³-hybridized carbons (Fsp3) is 0.0500. The summed E-state index contributed by atoms with van der Waals surface area (Å²) < 4.78 is 0. The number of nitro benzene ring substituents is 1. The van der Waals surface area contributed by atoms with Gasteiger partial charge in [-0.25, -0.2) is 4.79 Å². The number of carbonyl (C=O) groups is 3. The summed E-state index contributed by atoms with van der Waals surface area (Å²) in [5.74, 6) is -2.21. The maximum absolute atomic E-state index is 13.0. The Labute approximate surface area is 157 Å². The number of aromatic carboxylic acids is 1. The molecular formula is C20H12N2O6. The molecule has 0 radical (unpaired) electrons. The van der Waals surface area contributed by atoms with E-state index in [1.165, 1.54) is 36.4 Å². The van der Waals surface area contributed by atoms with Crippen LogP contribution in [0.15, 0.2) is 54.6 Å². The van der Waals surface area contributed by atoms with Crippen molar-refractivity contribution < 1.29 is 24.4 Å². The molecular weight excluding hydrogens is 364 g/mol. The molecule has 0 atom stereocenters. The van der Waals surface area contributed by atoms with Crippen LogP contribution in [0.4, 0.5) is 5.69 Å². The van der Waals surface area contributed by atoms with Gasteiger partial charge >= 0.3 is 5.97 Å². The molecule has 3 aromatic carbocycles. The average molecular weight is 376 g/mol. The van der Waals surface area contributed by atoms with Crippen molar-refractivity contribution in [2.45, 2.75) is 6.54 Å². The van der Waals surface area contributed by atoms with E-state index in [-0.39, 0.29) is 23.4 Å². The van der Waals surface area contributed by atoms with E-state index in [0.717, 1.165) is 4.90 Å². The number of non-ortho nitro benzene ring substituents is 1. The molecule has 0 unspecified atom stereocenters. The molecule has 1 aliphatic rings. The van der Waals surface area contributed by atoms with E-state index in [0.29, 0.717) is 21.9 Å². The van der Waals surface area contributed by atoms with E-state index in [9.17, 15) is 24.5 Å². The molecule has 0 saturated carbocycles. The summed E-state index contributed by atoms with van der Waals surface area (Å²) in [6.07, 6.45) is 0. The average Bonchev–Trinajstić information content (AvgIpc) is 2.69. The van der Waals surface area contributed by atoms with Crippen molar-refractivity contribution in [3.8, 4) is 0 Å².